The van der Waals surface area contributed by atoms with Crippen LogP contribution in [0.5, 0.6) is 0 Å². The van der Waals surface area contributed by atoms with Crippen LogP contribution in [0, 0.1) is 5.82 Å². The molecule has 3 amide bonds. The molecule has 1 unspecified atom stereocenters. The monoisotopic (exact) mass is 428 g/mol. The molecule has 4 rings (SSSR count). The first-order chi connectivity index (χ1) is 14.4. The first-order valence-electron chi connectivity index (χ1n) is 10.1. The van der Waals surface area contributed by atoms with Crippen LogP contribution in [-0.4, -0.2) is 34.7 Å². The highest BCUT2D eigenvalue weighted by Crippen LogP contribution is 2.32. The Morgan fingerprint density at radius 2 is 1.67 bits per heavy atom. The van der Waals surface area contributed by atoms with Gasteiger partial charge in [-0.2, -0.15) is 0 Å². The van der Waals surface area contributed by atoms with Crippen molar-refractivity contribution in [2.75, 3.05) is 4.90 Å². The predicted molar refractivity (Wildman–Crippen MR) is 112 cm³/mol. The van der Waals surface area contributed by atoms with Gasteiger partial charge in [0.25, 0.3) is 5.91 Å². The molecule has 0 N–H and O–H groups in total. The maximum Gasteiger partial charge on any atom is 0.257 e. The highest BCUT2D eigenvalue weighted by atomic mass is 35.5. The summed E-state index contributed by atoms with van der Waals surface area (Å²) < 4.78 is 13.3. The van der Waals surface area contributed by atoms with Gasteiger partial charge in [-0.1, -0.05) is 36.6 Å². The fourth-order valence-corrected chi connectivity index (χ4v) is 4.50. The Kier molecular flexibility index (Phi) is 5.86. The number of imide groups is 1. The number of hydrogen-bond donors (Lipinski definition) is 0. The number of carbonyl (C=O) groups excluding carboxylic acids is 3. The van der Waals surface area contributed by atoms with E-state index >= 15 is 0 Å². The van der Waals surface area contributed by atoms with Gasteiger partial charge in [0.15, 0.2) is 0 Å². The smallest absolute Gasteiger partial charge is 0.257 e. The summed E-state index contributed by atoms with van der Waals surface area (Å²) in [5.41, 5.74) is 1.13. The minimum absolute atomic E-state index is 0.0558. The largest absolute Gasteiger partial charge is 0.327 e. The van der Waals surface area contributed by atoms with Crippen molar-refractivity contribution in [3.63, 3.8) is 0 Å². The minimum Gasteiger partial charge on any atom is -0.327 e. The van der Waals surface area contributed by atoms with Gasteiger partial charge in [-0.15, -0.1) is 0 Å². The van der Waals surface area contributed by atoms with Crippen LogP contribution < -0.4 is 4.90 Å². The van der Waals surface area contributed by atoms with Crippen LogP contribution in [0.3, 0.4) is 0 Å². The van der Waals surface area contributed by atoms with Crippen molar-refractivity contribution >= 4 is 35.0 Å². The summed E-state index contributed by atoms with van der Waals surface area (Å²) in [6.07, 6.45) is 3.71. The highest BCUT2D eigenvalue weighted by molar-refractivity contribution is 6.30. The molecule has 30 heavy (non-hydrogen) atoms. The van der Waals surface area contributed by atoms with Gasteiger partial charge in [0, 0.05) is 11.1 Å². The molecule has 0 radical (unpaired) electrons. The van der Waals surface area contributed by atoms with Crippen molar-refractivity contribution in [3.8, 4) is 0 Å². The van der Waals surface area contributed by atoms with E-state index in [-0.39, 0.29) is 30.7 Å². The van der Waals surface area contributed by atoms with Gasteiger partial charge in [0.1, 0.15) is 11.9 Å². The Morgan fingerprint density at radius 1 is 1.03 bits per heavy atom. The van der Waals surface area contributed by atoms with Gasteiger partial charge >= 0.3 is 0 Å². The molecule has 1 saturated heterocycles. The zero-order valence-electron chi connectivity index (χ0n) is 16.4. The number of carbonyl (C=O) groups is 3. The number of amides is 3. The molecular weight excluding hydrogens is 407 g/mol. The van der Waals surface area contributed by atoms with Gasteiger partial charge in [0.05, 0.1) is 18.5 Å². The molecule has 5 nitrogen and oxygen atoms in total. The lowest BCUT2D eigenvalue weighted by atomic mass is 10.1. The van der Waals surface area contributed by atoms with Crippen LogP contribution in [0.25, 0.3) is 0 Å². The standard InChI is InChI=1S/C23H22ClFN2O3/c24-16-7-5-15(6-8-16)13-21(28)26(18-3-1-2-4-18)20-14-22(29)27(23(20)30)19-11-9-17(25)10-12-19/h5-12,18,20H,1-4,13-14H2. The number of nitrogens with zero attached hydrogens (tertiary/aromatic N) is 2. The Bertz CT molecular complexity index is 955. The maximum absolute atomic E-state index is 13.3. The van der Waals surface area contributed by atoms with Crippen LogP contribution in [0.2, 0.25) is 5.02 Å². The lowest BCUT2D eigenvalue weighted by molar-refractivity contribution is -0.140. The van der Waals surface area contributed by atoms with Crippen molar-refractivity contribution in [1.82, 2.24) is 4.90 Å². The predicted octanol–water partition coefficient (Wildman–Crippen LogP) is 4.12. The molecular formula is C23H22ClFN2O3. The minimum atomic E-state index is -0.828. The van der Waals surface area contributed by atoms with Crippen LogP contribution in [0.1, 0.15) is 37.7 Å². The molecule has 2 aliphatic rings. The van der Waals surface area contributed by atoms with E-state index in [1.54, 1.807) is 29.2 Å². The third-order valence-electron chi connectivity index (χ3n) is 5.82. The highest BCUT2D eigenvalue weighted by Gasteiger charge is 2.46. The number of benzene rings is 2. The normalized spacial score (nSPS) is 19.5. The van der Waals surface area contributed by atoms with Crippen molar-refractivity contribution in [2.24, 2.45) is 0 Å². The molecule has 0 bridgehead atoms. The molecule has 1 saturated carbocycles. The van der Waals surface area contributed by atoms with E-state index in [0.717, 1.165) is 36.1 Å². The zero-order valence-corrected chi connectivity index (χ0v) is 17.1. The van der Waals surface area contributed by atoms with Crippen molar-refractivity contribution in [2.45, 2.75) is 50.6 Å². The third-order valence-corrected chi connectivity index (χ3v) is 6.07. The van der Waals surface area contributed by atoms with Gasteiger partial charge in [0.2, 0.25) is 11.8 Å². The quantitative estimate of drug-likeness (QED) is 0.673. The molecule has 2 fully saturated rings. The molecule has 2 aromatic carbocycles. The summed E-state index contributed by atoms with van der Waals surface area (Å²) in [6, 6.07) is 11.4. The first-order valence-corrected chi connectivity index (χ1v) is 10.5. The van der Waals surface area contributed by atoms with Crippen LogP contribution in [-0.2, 0) is 20.8 Å². The molecule has 0 spiro atoms. The second-order valence-corrected chi connectivity index (χ2v) is 8.24. The van der Waals surface area contributed by atoms with Gasteiger partial charge in [-0.3, -0.25) is 14.4 Å². The molecule has 7 heteroatoms. The van der Waals surface area contributed by atoms with Crippen molar-refractivity contribution in [1.29, 1.82) is 0 Å². The first kappa shape index (κ1) is 20.5. The van der Waals surface area contributed by atoms with Crippen LogP contribution in [0.15, 0.2) is 48.5 Å². The molecule has 1 heterocycles. The second-order valence-electron chi connectivity index (χ2n) is 7.81. The fourth-order valence-electron chi connectivity index (χ4n) is 4.38. The van der Waals surface area contributed by atoms with Crippen molar-refractivity contribution in [3.05, 3.63) is 64.9 Å². The van der Waals surface area contributed by atoms with E-state index in [2.05, 4.69) is 0 Å². The average Bonchev–Trinajstić information content (AvgIpc) is 3.34. The van der Waals surface area contributed by atoms with E-state index in [1.807, 2.05) is 0 Å². The lowest BCUT2D eigenvalue weighted by Crippen LogP contribution is -2.50. The van der Waals surface area contributed by atoms with E-state index < -0.39 is 17.8 Å². The summed E-state index contributed by atoms with van der Waals surface area (Å²) in [7, 11) is 0. The van der Waals surface area contributed by atoms with Crippen molar-refractivity contribution < 1.29 is 18.8 Å². The summed E-state index contributed by atoms with van der Waals surface area (Å²) >= 11 is 5.93. The van der Waals surface area contributed by atoms with Crippen LogP contribution >= 0.6 is 11.6 Å². The fraction of sp³-hybridized carbons (Fsp3) is 0.348. The number of hydrogen-bond acceptors (Lipinski definition) is 3. The number of rotatable bonds is 5. The number of anilines is 1. The van der Waals surface area contributed by atoms with Crippen LogP contribution in [0.4, 0.5) is 10.1 Å². The topological polar surface area (TPSA) is 57.7 Å². The lowest BCUT2D eigenvalue weighted by Gasteiger charge is -2.33. The third kappa shape index (κ3) is 4.10. The molecule has 1 atom stereocenters. The summed E-state index contributed by atoms with van der Waals surface area (Å²) in [4.78, 5) is 41.9. The van der Waals surface area contributed by atoms with Gasteiger partial charge < -0.3 is 4.90 Å². The Morgan fingerprint density at radius 3 is 2.30 bits per heavy atom. The SMILES string of the molecule is O=C1CC(N(C(=O)Cc2ccc(Cl)cc2)C2CCCC2)C(=O)N1c1ccc(F)cc1. The molecule has 2 aromatic rings. The molecule has 0 aromatic heterocycles. The van der Waals surface area contributed by atoms with E-state index in [0.29, 0.717) is 10.7 Å². The Hall–Kier alpha value is -2.73. The van der Waals surface area contributed by atoms with Gasteiger partial charge in [-0.05, 0) is 54.8 Å². The summed E-state index contributed by atoms with van der Waals surface area (Å²) in [5.74, 6) is -1.42. The Balaban J connectivity index is 1.59. The molecule has 156 valence electrons. The summed E-state index contributed by atoms with van der Waals surface area (Å²) in [6.45, 7) is 0. The second kappa shape index (κ2) is 8.56. The molecule has 1 aliphatic carbocycles. The maximum atomic E-state index is 13.3. The van der Waals surface area contributed by atoms with E-state index in [1.165, 1.54) is 24.3 Å². The average molecular weight is 429 g/mol. The van der Waals surface area contributed by atoms with Gasteiger partial charge in [-0.25, -0.2) is 9.29 Å². The van der Waals surface area contributed by atoms with E-state index in [9.17, 15) is 18.8 Å². The Labute approximate surface area is 179 Å². The number of halogens is 2. The van der Waals surface area contributed by atoms with E-state index in [4.69, 9.17) is 11.6 Å². The zero-order chi connectivity index (χ0) is 21.3. The molecule has 1 aliphatic heterocycles. The summed E-state index contributed by atoms with van der Waals surface area (Å²) in [5, 5.41) is 0.588.